The second kappa shape index (κ2) is 48.1. The topological polar surface area (TPSA) is 374 Å². The summed E-state index contributed by atoms with van der Waals surface area (Å²) in [5.41, 5.74) is 2.88. The lowest BCUT2D eigenvalue weighted by Crippen LogP contribution is -2.64. The Balaban J connectivity index is 0.000000339. The van der Waals surface area contributed by atoms with Crippen LogP contribution in [-0.2, 0) is 90.5 Å². The van der Waals surface area contributed by atoms with Gasteiger partial charge < -0.3 is 87.8 Å². The predicted molar refractivity (Wildman–Crippen MR) is 458 cm³/mol. The van der Waals surface area contributed by atoms with Gasteiger partial charge in [0.05, 0.1) is 54.9 Å². The van der Waals surface area contributed by atoms with Crippen LogP contribution in [0.25, 0.3) is 0 Å². The minimum absolute atomic E-state index is 0.00988. The molecule has 688 valence electrons. The number of Topliss-reactive ketones (excluding diaryl/α,β-unsaturated/α-hetero) is 5. The average molecular weight is 1720 g/mol. The van der Waals surface area contributed by atoms with Gasteiger partial charge in [0.1, 0.15) is 54.2 Å². The summed E-state index contributed by atoms with van der Waals surface area (Å²) in [4.78, 5) is 130. The number of fused-ring (bicyclic) bond motifs is 6. The predicted octanol–water partition coefficient (Wildman–Crippen LogP) is 10.8. The molecule has 27 heteroatoms. The van der Waals surface area contributed by atoms with Crippen LogP contribution in [0.1, 0.15) is 231 Å². The van der Waals surface area contributed by atoms with Crippen LogP contribution >= 0.6 is 0 Å². The lowest BCUT2D eigenvalue weighted by atomic mass is 9.78. The van der Waals surface area contributed by atoms with Gasteiger partial charge in [0.15, 0.2) is 5.78 Å². The van der Waals surface area contributed by atoms with Crippen molar-refractivity contribution in [1.29, 1.82) is 0 Å². The van der Waals surface area contributed by atoms with Gasteiger partial charge in [-0.25, -0.2) is 9.59 Å². The van der Waals surface area contributed by atoms with Gasteiger partial charge in [0.25, 0.3) is 23.4 Å². The highest BCUT2D eigenvalue weighted by molar-refractivity contribution is 6.39. The molecule has 2 aliphatic carbocycles. The zero-order valence-corrected chi connectivity index (χ0v) is 76.0. The number of hydrogen-bond donors (Lipinski definition) is 6. The molecule has 2 saturated carbocycles. The molecule has 122 heavy (non-hydrogen) atoms. The number of nitrogens with zero attached hydrogens (tertiary/aromatic N) is 2. The molecule has 4 bridgehead atoms. The molecule has 0 aromatic carbocycles. The highest BCUT2D eigenvalue weighted by Crippen LogP contribution is 2.43. The molecule has 0 unspecified atom stereocenters. The molecule has 4 saturated heterocycles. The van der Waals surface area contributed by atoms with Crippen LogP contribution in [0.5, 0.6) is 0 Å². The van der Waals surface area contributed by atoms with Gasteiger partial charge in [-0.2, -0.15) is 0 Å². The Morgan fingerprint density at radius 3 is 1.75 bits per heavy atom. The lowest BCUT2D eigenvalue weighted by molar-refractivity contribution is -0.302. The first-order chi connectivity index (χ1) is 57.7. The second-order valence-corrected chi connectivity index (χ2v) is 36.9. The number of methoxy groups -OCH3 is 6. The van der Waals surface area contributed by atoms with E-state index >= 15 is 0 Å². The van der Waals surface area contributed by atoms with Gasteiger partial charge in [0, 0.05) is 111 Å². The smallest absolute Gasteiger partial charge is 0.329 e. The summed E-state index contributed by atoms with van der Waals surface area (Å²) in [5.74, 6) is -15.7. The molecule has 0 spiro atoms. The number of aliphatic hydroxyl groups is 6. The number of carbonyl (C=O) groups is 9. The molecule has 27 nitrogen and oxygen atoms in total. The molecule has 6 aliphatic heterocycles. The normalized spacial score (nSPS) is 40.7. The van der Waals surface area contributed by atoms with Gasteiger partial charge in [0.2, 0.25) is 11.6 Å². The van der Waals surface area contributed by atoms with Crippen LogP contribution in [0.3, 0.4) is 0 Å². The number of aliphatic hydroxyl groups excluding tert-OH is 4. The van der Waals surface area contributed by atoms with E-state index in [-0.39, 0.29) is 104 Å². The number of amides is 2. The minimum Gasteiger partial charge on any atom is -0.460 e. The Labute approximate surface area is 724 Å². The molecule has 6 fully saturated rings. The fourth-order valence-corrected chi connectivity index (χ4v) is 19.5. The van der Waals surface area contributed by atoms with Crippen LogP contribution in [0.4, 0.5) is 0 Å². The molecular formula is C95H148N2O25. The van der Waals surface area contributed by atoms with Gasteiger partial charge in [-0.1, -0.05) is 116 Å². The first kappa shape index (κ1) is 103. The first-order valence-corrected chi connectivity index (χ1v) is 44.8. The van der Waals surface area contributed by atoms with E-state index in [0.29, 0.717) is 120 Å². The third-order valence-corrected chi connectivity index (χ3v) is 27.4. The van der Waals surface area contributed by atoms with E-state index in [2.05, 4.69) is 6.58 Å². The summed E-state index contributed by atoms with van der Waals surface area (Å²) >= 11 is 0. The number of carbonyl (C=O) groups excluding carboxylic acids is 9. The van der Waals surface area contributed by atoms with Crippen molar-refractivity contribution in [2.24, 2.45) is 65.1 Å². The van der Waals surface area contributed by atoms with Crippen LogP contribution < -0.4 is 0 Å². The fraction of sp³-hybridized carbons (Fsp3) is 0.758. The number of piperidine rings is 2. The monoisotopic (exact) mass is 1720 g/mol. The van der Waals surface area contributed by atoms with Gasteiger partial charge in [-0.3, -0.25) is 33.6 Å². The number of ether oxygens (including phenoxy) is 10. The van der Waals surface area contributed by atoms with E-state index in [0.717, 1.165) is 17.6 Å². The van der Waals surface area contributed by atoms with Crippen molar-refractivity contribution in [1.82, 2.24) is 9.80 Å². The summed E-state index contributed by atoms with van der Waals surface area (Å²) in [6.07, 6.45) is 16.1. The summed E-state index contributed by atoms with van der Waals surface area (Å²) in [6.45, 7) is 25.9. The van der Waals surface area contributed by atoms with Crippen molar-refractivity contribution in [3.05, 3.63) is 83.6 Å². The number of rotatable bonds is 13. The molecule has 0 aromatic rings. The van der Waals surface area contributed by atoms with Gasteiger partial charge in [-0.15, -0.1) is 6.58 Å². The maximum Gasteiger partial charge on any atom is 0.329 e. The molecule has 2 amide bonds. The Morgan fingerprint density at radius 2 is 1.16 bits per heavy atom. The van der Waals surface area contributed by atoms with E-state index in [1.165, 1.54) is 31.1 Å². The number of hydrogen-bond acceptors (Lipinski definition) is 25. The minimum atomic E-state index is -2.51. The summed E-state index contributed by atoms with van der Waals surface area (Å²) in [5, 5.41) is 68.0. The lowest BCUT2D eigenvalue weighted by Gasteiger charge is -2.47. The van der Waals surface area contributed by atoms with Crippen molar-refractivity contribution in [3.8, 4) is 0 Å². The van der Waals surface area contributed by atoms with Crippen molar-refractivity contribution in [3.63, 3.8) is 0 Å². The number of ketones is 5. The third kappa shape index (κ3) is 27.0. The summed E-state index contributed by atoms with van der Waals surface area (Å²) < 4.78 is 59.1. The zero-order valence-electron chi connectivity index (χ0n) is 76.0. The highest BCUT2D eigenvalue weighted by Gasteiger charge is 2.58. The molecule has 0 radical (unpaired) electrons. The standard InChI is InChI=1S/C51H79NO13.C44H69NO12/c1-30-16-12-11-13-17-31(2)42(61-8)28-38-21-19-36(7)51(60,65-38)48(57)49(58)52-23-15-14-18-39(52)50(59)64-43(33(4)26-37-20-22-40(53)44(27-37)62-9)29-41(54)32(3)25-35(6)46(56)47(63-10)45(55)34(5)24-30;1-10-13-31-19-25(2)18-26(3)20-37(54-8)40-38(55-9)22-28(5)44(52,57-40)41(49)42(50)45-17-12-11-14-32(45)43(51)56-39(29(6)34(47)24-35(31)48)27(4)21-30-15-16-33(46)36(23-30)53-7/h11-13,16-17,25,30,32-34,36-40,42-44,46-47,53,56,60H,14-15,18-24,26-29H2,1-10H3;10,19,21,26,28-34,36-40,46-47,52H,1,11-18,20,22-24H2,2-9H3/b13-11+,16-12-,31-17+,35-25+;25-19+,27-21+/t30-,32-,33-,34-,36-,37+,38+,39+,40-,42+,43+,44-,46-,47+,51-;26-,28+,29+,30-,31+,32-,33+,34-,36+,37-,38-,39+,40+,44+/m10/s1. The molecule has 0 aromatic heterocycles. The number of esters is 2. The Bertz CT molecular complexity index is 3700. The van der Waals surface area contributed by atoms with Crippen molar-refractivity contribution < 1.29 is 121 Å². The van der Waals surface area contributed by atoms with Crippen molar-refractivity contribution in [2.75, 3.05) is 55.7 Å². The summed E-state index contributed by atoms with van der Waals surface area (Å²) in [6, 6.07) is -2.28. The van der Waals surface area contributed by atoms with Crippen molar-refractivity contribution in [2.45, 2.75) is 340 Å². The van der Waals surface area contributed by atoms with Crippen LogP contribution in [0, 0.1) is 65.1 Å². The average Bonchev–Trinajstić information content (AvgIpc) is 0.769. The van der Waals surface area contributed by atoms with Gasteiger partial charge in [-0.05, 0) is 202 Å². The van der Waals surface area contributed by atoms with E-state index in [9.17, 15) is 73.8 Å². The second-order valence-electron chi connectivity index (χ2n) is 36.9. The Hall–Kier alpha value is -6.15. The molecular weight excluding hydrogens is 1570 g/mol. The van der Waals surface area contributed by atoms with E-state index in [4.69, 9.17) is 47.4 Å². The number of allylic oxidation sites excluding steroid dienone is 10. The quantitative estimate of drug-likeness (QED) is 0.0567. The maximum absolute atomic E-state index is 14.4. The third-order valence-electron chi connectivity index (χ3n) is 27.4. The van der Waals surface area contributed by atoms with Crippen LogP contribution in [0.2, 0.25) is 0 Å². The Morgan fingerprint density at radius 1 is 0.582 bits per heavy atom. The molecule has 29 atom stereocenters. The Kier molecular flexibility index (Phi) is 40.6. The van der Waals surface area contributed by atoms with Crippen LogP contribution in [0.15, 0.2) is 83.6 Å². The van der Waals surface area contributed by atoms with Crippen LogP contribution in [-0.4, -0.2) is 258 Å². The fourth-order valence-electron chi connectivity index (χ4n) is 19.5. The number of cyclic esters (lactones) is 2. The van der Waals surface area contributed by atoms with Gasteiger partial charge >= 0.3 is 11.9 Å². The maximum atomic E-state index is 14.4. The molecule has 6 heterocycles. The van der Waals surface area contributed by atoms with E-state index in [1.54, 1.807) is 68.1 Å². The zero-order chi connectivity index (χ0) is 90.4. The SMILES string of the molecule is C=CC[C@@H]1/C=C(\C)C[C@H](C)C[C@H](OC)[C@H]2O[C@@](O)(C(=O)C(=O)N3CCCC[C@H]3C(=O)O[C@H](/C(C)=C/[C@@H]3CC[C@@H](O)[C@H](OC)C3)[C@H](C)[C@@H](O)CC1=O)[C@H](C)C[C@@H]2OC.CO[C@H]1C[C@@H]2CC[C@@H](C)[C@@](O)(O2)C(=O)C(=O)N2CCCC[C@H]2C(=O)O[C@H]([C@H](C)C[C@@H]2CC[C@@H](O)[C@H](OC)C2)CC(=O)[C@H](C)/C=C(\C)[C@@H](O)[C@@H](OC)C(=O)[C@H](C)C[C@H](C)\C=C/C=C/C=C/1C. The highest BCUT2D eigenvalue weighted by atomic mass is 16.7. The molecule has 6 N–H and O–H groups in total. The van der Waals surface area contributed by atoms with Crippen molar-refractivity contribution >= 4 is 52.7 Å². The summed E-state index contributed by atoms with van der Waals surface area (Å²) in [7, 11) is 9.13. The van der Waals surface area contributed by atoms with E-state index in [1.807, 2.05) is 91.0 Å². The van der Waals surface area contributed by atoms with E-state index < -0.39 is 168 Å². The largest absolute Gasteiger partial charge is 0.460 e. The first-order valence-electron chi connectivity index (χ1n) is 44.8. The molecule has 8 aliphatic rings. The molecule has 8 rings (SSSR count).